The van der Waals surface area contributed by atoms with Gasteiger partial charge in [-0.25, -0.2) is 0 Å². The van der Waals surface area contributed by atoms with E-state index in [-0.39, 0.29) is 11.0 Å². The molecule has 90 valence electrons. The average molecular weight is 224 g/mol. The summed E-state index contributed by atoms with van der Waals surface area (Å²) in [5.41, 5.74) is 0.0251. The van der Waals surface area contributed by atoms with Gasteiger partial charge in [0.1, 0.15) is 11.4 Å². The maximum atomic E-state index is 11.5. The molecule has 1 aromatic rings. The van der Waals surface area contributed by atoms with Gasteiger partial charge in [0.2, 0.25) is 0 Å². The quantitative estimate of drug-likeness (QED) is 0.767. The molecular weight excluding hydrogens is 204 g/mol. The number of anilines is 2. The van der Waals surface area contributed by atoms with Gasteiger partial charge in [-0.1, -0.05) is 13.3 Å². The van der Waals surface area contributed by atoms with Gasteiger partial charge in [0, 0.05) is 19.6 Å². The van der Waals surface area contributed by atoms with Gasteiger partial charge in [-0.3, -0.25) is 9.59 Å². The van der Waals surface area contributed by atoms with Crippen LogP contribution in [0.15, 0.2) is 9.59 Å². The van der Waals surface area contributed by atoms with E-state index in [2.05, 4.69) is 12.2 Å². The predicted molar refractivity (Wildman–Crippen MR) is 68.3 cm³/mol. The molecule has 0 atom stereocenters. The molecule has 16 heavy (non-hydrogen) atoms. The molecule has 0 bridgehead atoms. The molecule has 0 aliphatic heterocycles. The summed E-state index contributed by atoms with van der Waals surface area (Å²) < 4.78 is 0. The highest BCUT2D eigenvalue weighted by Gasteiger charge is 2.27. The van der Waals surface area contributed by atoms with Crippen molar-refractivity contribution in [3.8, 4) is 0 Å². The van der Waals surface area contributed by atoms with Crippen LogP contribution in [-0.4, -0.2) is 19.6 Å². The lowest BCUT2D eigenvalue weighted by Gasteiger charge is -2.30. The van der Waals surface area contributed by atoms with Crippen molar-refractivity contribution in [2.45, 2.75) is 39.2 Å². The largest absolute Gasteiger partial charge is 0.375 e. The second kappa shape index (κ2) is 4.28. The fraction of sp³-hybridized carbons (Fsp3) is 0.667. The molecule has 1 rings (SSSR count). The lowest BCUT2D eigenvalue weighted by molar-refractivity contribution is 0.510. The van der Waals surface area contributed by atoms with E-state index in [0.29, 0.717) is 11.4 Å². The van der Waals surface area contributed by atoms with Crippen LogP contribution in [0.3, 0.4) is 0 Å². The monoisotopic (exact) mass is 224 g/mol. The fourth-order valence-electron chi connectivity index (χ4n) is 1.95. The fourth-order valence-corrected chi connectivity index (χ4v) is 1.95. The summed E-state index contributed by atoms with van der Waals surface area (Å²) in [6.45, 7) is 6.16. The Kier molecular flexibility index (Phi) is 3.41. The number of nitrogens with zero attached hydrogens (tertiary/aromatic N) is 1. The predicted octanol–water partition coefficient (Wildman–Crippen LogP) is 1.34. The van der Waals surface area contributed by atoms with Gasteiger partial charge in [0.05, 0.1) is 0 Å². The van der Waals surface area contributed by atoms with E-state index in [4.69, 9.17) is 0 Å². The van der Waals surface area contributed by atoms with Crippen molar-refractivity contribution in [1.29, 1.82) is 0 Å². The highest BCUT2D eigenvalue weighted by molar-refractivity contribution is 5.75. The molecule has 0 saturated carbocycles. The van der Waals surface area contributed by atoms with Crippen molar-refractivity contribution in [3.63, 3.8) is 0 Å². The molecule has 1 aromatic carbocycles. The second-order valence-electron chi connectivity index (χ2n) is 5.04. The summed E-state index contributed by atoms with van der Waals surface area (Å²) in [4.78, 5) is 24.5. The third kappa shape index (κ3) is 2.26. The summed E-state index contributed by atoms with van der Waals surface area (Å²) in [6.07, 6.45) is 1.99. The molecule has 0 saturated heterocycles. The Morgan fingerprint density at radius 1 is 1.19 bits per heavy atom. The van der Waals surface area contributed by atoms with Gasteiger partial charge in [-0.2, -0.15) is 0 Å². The Morgan fingerprint density at radius 2 is 1.75 bits per heavy atom. The zero-order valence-electron chi connectivity index (χ0n) is 10.7. The van der Waals surface area contributed by atoms with Crippen molar-refractivity contribution < 1.29 is 0 Å². The summed E-state index contributed by atoms with van der Waals surface area (Å²) in [7, 11) is 3.54. The first-order valence-corrected chi connectivity index (χ1v) is 5.59. The van der Waals surface area contributed by atoms with E-state index in [0.717, 1.165) is 12.8 Å². The van der Waals surface area contributed by atoms with Crippen molar-refractivity contribution in [3.05, 3.63) is 20.4 Å². The van der Waals surface area contributed by atoms with Crippen LogP contribution in [0, 0.1) is 0 Å². The van der Waals surface area contributed by atoms with E-state index in [9.17, 15) is 9.59 Å². The molecule has 0 aromatic heterocycles. The number of hydrogen-bond donors (Lipinski definition) is 1. The summed E-state index contributed by atoms with van der Waals surface area (Å²) in [5, 5.41) is 3.17. The summed E-state index contributed by atoms with van der Waals surface area (Å²) in [6, 6.07) is 0. The molecule has 4 heteroatoms. The average Bonchev–Trinajstić information content (AvgIpc) is 2.15. The SMILES string of the molecule is CCCC(C)(C)Nc1c(N(C)C)c(=O)c1=O. The molecule has 0 radical (unpaired) electrons. The number of nitrogens with one attached hydrogen (secondary N) is 1. The van der Waals surface area contributed by atoms with Crippen molar-refractivity contribution in [2.75, 3.05) is 24.3 Å². The van der Waals surface area contributed by atoms with Crippen LogP contribution in [-0.2, 0) is 0 Å². The van der Waals surface area contributed by atoms with Gasteiger partial charge in [-0.05, 0) is 20.3 Å². The maximum absolute atomic E-state index is 11.5. The Balaban J connectivity index is 2.95. The van der Waals surface area contributed by atoms with Crippen molar-refractivity contribution >= 4 is 11.4 Å². The molecular formula is C12H20N2O2. The van der Waals surface area contributed by atoms with Crippen LogP contribution in [0.1, 0.15) is 33.6 Å². The summed E-state index contributed by atoms with van der Waals surface area (Å²) >= 11 is 0. The van der Waals surface area contributed by atoms with E-state index < -0.39 is 5.43 Å². The Hall–Kier alpha value is -1.32. The minimum atomic E-state index is -0.395. The first kappa shape index (κ1) is 12.7. The van der Waals surface area contributed by atoms with E-state index in [1.807, 2.05) is 13.8 Å². The highest BCUT2D eigenvalue weighted by Crippen LogP contribution is 2.24. The van der Waals surface area contributed by atoms with Crippen LogP contribution >= 0.6 is 0 Å². The smallest absolute Gasteiger partial charge is 0.253 e. The van der Waals surface area contributed by atoms with Crippen LogP contribution in [0.5, 0.6) is 0 Å². The topological polar surface area (TPSA) is 49.4 Å². The third-order valence-corrected chi connectivity index (χ3v) is 2.67. The second-order valence-corrected chi connectivity index (χ2v) is 5.04. The standard InChI is InChI=1S/C12H20N2O2/c1-6-7-12(2,3)13-8-9(14(4)5)11(16)10(8)15/h13H,6-7H2,1-5H3. The Labute approximate surface area is 96.0 Å². The molecule has 0 unspecified atom stereocenters. The highest BCUT2D eigenvalue weighted by atomic mass is 16.2. The molecule has 0 amide bonds. The van der Waals surface area contributed by atoms with Crippen molar-refractivity contribution in [1.82, 2.24) is 0 Å². The van der Waals surface area contributed by atoms with Gasteiger partial charge in [-0.15, -0.1) is 0 Å². The summed E-state index contributed by atoms with van der Waals surface area (Å²) in [5.74, 6) is 0. The Morgan fingerprint density at radius 3 is 2.19 bits per heavy atom. The van der Waals surface area contributed by atoms with Crippen LogP contribution < -0.4 is 21.1 Å². The first-order valence-electron chi connectivity index (χ1n) is 5.59. The molecule has 1 N–H and O–H groups in total. The minimum Gasteiger partial charge on any atom is -0.375 e. The van der Waals surface area contributed by atoms with Crippen LogP contribution in [0.4, 0.5) is 11.4 Å². The zero-order valence-corrected chi connectivity index (χ0v) is 10.7. The van der Waals surface area contributed by atoms with Gasteiger partial charge in [0.15, 0.2) is 0 Å². The minimum absolute atomic E-state index is 0.151. The van der Waals surface area contributed by atoms with E-state index in [1.165, 1.54) is 0 Å². The maximum Gasteiger partial charge on any atom is 0.253 e. The molecule has 0 aliphatic rings. The normalized spacial score (nSPS) is 11.8. The van der Waals surface area contributed by atoms with E-state index >= 15 is 0 Å². The molecule has 0 heterocycles. The zero-order chi connectivity index (χ0) is 12.5. The molecule has 0 fully saturated rings. The van der Waals surface area contributed by atoms with Crippen LogP contribution in [0.2, 0.25) is 0 Å². The van der Waals surface area contributed by atoms with Gasteiger partial charge < -0.3 is 10.2 Å². The van der Waals surface area contributed by atoms with Crippen molar-refractivity contribution in [2.24, 2.45) is 0 Å². The van der Waals surface area contributed by atoms with Gasteiger partial charge >= 0.3 is 0 Å². The molecule has 4 nitrogen and oxygen atoms in total. The lowest BCUT2D eigenvalue weighted by Crippen LogP contribution is -2.44. The molecule has 0 spiro atoms. The van der Waals surface area contributed by atoms with Crippen LogP contribution in [0.25, 0.3) is 0 Å². The Bertz CT molecular complexity index is 440. The lowest BCUT2D eigenvalue weighted by atomic mass is 9.97. The third-order valence-electron chi connectivity index (χ3n) is 2.67. The molecule has 0 aliphatic carbocycles. The number of rotatable bonds is 5. The van der Waals surface area contributed by atoms with E-state index in [1.54, 1.807) is 19.0 Å². The first-order chi connectivity index (χ1) is 7.30. The van der Waals surface area contributed by atoms with Gasteiger partial charge in [0.25, 0.3) is 10.9 Å². The number of hydrogen-bond acceptors (Lipinski definition) is 4.